The monoisotopic (exact) mass is 317 g/mol. The minimum atomic E-state index is -0.274. The standard InChI is InChI=1S/C15H19N5OS/c16-14-13(17-8-9-18-14)15(21)19-7-3-6-12-20-10-4-1-2-5-11(10)22-12/h8-9H,1-7H2,(H2,16,18)(H,19,21). The van der Waals surface area contributed by atoms with Gasteiger partial charge in [0, 0.05) is 30.2 Å². The quantitative estimate of drug-likeness (QED) is 0.820. The Hall–Kier alpha value is -2.02. The molecule has 1 aliphatic carbocycles. The van der Waals surface area contributed by atoms with Crippen LogP contribution in [0.25, 0.3) is 0 Å². The van der Waals surface area contributed by atoms with Gasteiger partial charge in [-0.25, -0.2) is 15.0 Å². The van der Waals surface area contributed by atoms with Gasteiger partial charge in [-0.15, -0.1) is 11.3 Å². The van der Waals surface area contributed by atoms with Crippen molar-refractivity contribution < 1.29 is 4.79 Å². The second-order valence-electron chi connectivity index (χ2n) is 5.33. The van der Waals surface area contributed by atoms with Crippen LogP contribution in [-0.2, 0) is 19.3 Å². The van der Waals surface area contributed by atoms with E-state index in [4.69, 9.17) is 10.7 Å². The molecule has 2 heterocycles. The van der Waals surface area contributed by atoms with Gasteiger partial charge in [0.1, 0.15) is 0 Å². The maximum absolute atomic E-state index is 11.9. The van der Waals surface area contributed by atoms with Crippen LogP contribution >= 0.6 is 11.3 Å². The van der Waals surface area contributed by atoms with E-state index >= 15 is 0 Å². The number of aromatic nitrogens is 3. The van der Waals surface area contributed by atoms with Crippen molar-refractivity contribution in [3.05, 3.63) is 33.7 Å². The van der Waals surface area contributed by atoms with Crippen LogP contribution in [0.4, 0.5) is 5.82 Å². The minimum Gasteiger partial charge on any atom is -0.382 e. The Balaban J connectivity index is 1.46. The SMILES string of the molecule is Nc1nccnc1C(=O)NCCCc1nc2c(s1)CCCC2. The number of rotatable bonds is 5. The van der Waals surface area contributed by atoms with Crippen molar-refractivity contribution in [2.45, 2.75) is 38.5 Å². The maximum Gasteiger partial charge on any atom is 0.273 e. The molecule has 2 aromatic rings. The topological polar surface area (TPSA) is 93.8 Å². The first kappa shape index (κ1) is 14.9. The average Bonchev–Trinajstić information content (AvgIpc) is 2.94. The van der Waals surface area contributed by atoms with Gasteiger partial charge < -0.3 is 11.1 Å². The molecular weight excluding hydrogens is 298 g/mol. The first-order valence-electron chi connectivity index (χ1n) is 7.56. The minimum absolute atomic E-state index is 0.160. The Morgan fingerprint density at radius 3 is 2.91 bits per heavy atom. The zero-order chi connectivity index (χ0) is 15.4. The summed E-state index contributed by atoms with van der Waals surface area (Å²) in [7, 11) is 0. The van der Waals surface area contributed by atoms with Gasteiger partial charge in [0.15, 0.2) is 11.5 Å². The highest BCUT2D eigenvalue weighted by Crippen LogP contribution is 2.27. The Kier molecular flexibility index (Phi) is 4.62. The fraction of sp³-hybridized carbons (Fsp3) is 0.467. The van der Waals surface area contributed by atoms with Crippen molar-refractivity contribution in [3.63, 3.8) is 0 Å². The van der Waals surface area contributed by atoms with Crippen molar-refractivity contribution in [3.8, 4) is 0 Å². The largest absolute Gasteiger partial charge is 0.382 e. The number of carbonyl (C=O) groups is 1. The number of hydrogen-bond donors (Lipinski definition) is 2. The summed E-state index contributed by atoms with van der Waals surface area (Å²) in [5, 5.41) is 4.01. The highest BCUT2D eigenvalue weighted by molar-refractivity contribution is 7.11. The zero-order valence-electron chi connectivity index (χ0n) is 12.3. The number of nitrogens with two attached hydrogens (primary N) is 1. The maximum atomic E-state index is 11.9. The van der Waals surface area contributed by atoms with Gasteiger partial charge >= 0.3 is 0 Å². The normalized spacial score (nSPS) is 13.6. The lowest BCUT2D eigenvalue weighted by Crippen LogP contribution is -2.26. The molecule has 2 aromatic heterocycles. The zero-order valence-corrected chi connectivity index (χ0v) is 13.2. The summed E-state index contributed by atoms with van der Waals surface area (Å²) in [5.41, 5.74) is 7.11. The molecule has 0 aromatic carbocycles. The third kappa shape index (κ3) is 3.41. The molecule has 0 atom stereocenters. The molecule has 0 saturated carbocycles. The third-order valence-electron chi connectivity index (χ3n) is 3.68. The number of nitrogens with zero attached hydrogens (tertiary/aromatic N) is 3. The second kappa shape index (κ2) is 6.83. The molecule has 0 aliphatic heterocycles. The van der Waals surface area contributed by atoms with Crippen molar-refractivity contribution in [2.75, 3.05) is 12.3 Å². The number of hydrogen-bond acceptors (Lipinski definition) is 6. The molecule has 1 aliphatic rings. The highest BCUT2D eigenvalue weighted by Gasteiger charge is 2.15. The lowest BCUT2D eigenvalue weighted by Gasteiger charge is -2.06. The molecule has 7 heteroatoms. The first-order valence-corrected chi connectivity index (χ1v) is 8.38. The number of nitrogen functional groups attached to an aromatic ring is 1. The van der Waals surface area contributed by atoms with E-state index in [1.165, 1.54) is 47.2 Å². The predicted molar refractivity (Wildman–Crippen MR) is 85.9 cm³/mol. The lowest BCUT2D eigenvalue weighted by atomic mass is 10.0. The summed E-state index contributed by atoms with van der Waals surface area (Å²) in [6.45, 7) is 0.582. The Morgan fingerprint density at radius 2 is 2.09 bits per heavy atom. The van der Waals surface area contributed by atoms with Gasteiger partial charge in [-0.2, -0.15) is 0 Å². The van der Waals surface area contributed by atoms with Crippen LogP contribution in [-0.4, -0.2) is 27.4 Å². The van der Waals surface area contributed by atoms with E-state index in [0.29, 0.717) is 6.54 Å². The van der Waals surface area contributed by atoms with Crippen LogP contribution in [0.2, 0.25) is 0 Å². The third-order valence-corrected chi connectivity index (χ3v) is 4.90. The number of fused-ring (bicyclic) bond motifs is 1. The van der Waals surface area contributed by atoms with E-state index in [1.54, 1.807) is 0 Å². The lowest BCUT2D eigenvalue weighted by molar-refractivity contribution is 0.0949. The second-order valence-corrected chi connectivity index (χ2v) is 6.50. The number of carbonyl (C=O) groups excluding carboxylic acids is 1. The van der Waals surface area contributed by atoms with E-state index in [2.05, 4.69) is 15.3 Å². The fourth-order valence-corrected chi connectivity index (χ4v) is 3.76. The predicted octanol–water partition coefficient (Wildman–Crippen LogP) is 1.76. The van der Waals surface area contributed by atoms with Crippen LogP contribution in [0.5, 0.6) is 0 Å². The van der Waals surface area contributed by atoms with Gasteiger partial charge in [-0.05, 0) is 32.1 Å². The van der Waals surface area contributed by atoms with Crippen LogP contribution in [0, 0.1) is 0 Å². The van der Waals surface area contributed by atoms with Crippen LogP contribution < -0.4 is 11.1 Å². The molecule has 3 N–H and O–H groups in total. The van der Waals surface area contributed by atoms with Gasteiger partial charge in [0.05, 0.1) is 10.7 Å². The molecular formula is C15H19N5OS. The number of aryl methyl sites for hydroxylation is 3. The van der Waals surface area contributed by atoms with Crippen molar-refractivity contribution in [2.24, 2.45) is 0 Å². The van der Waals surface area contributed by atoms with E-state index in [9.17, 15) is 4.79 Å². The molecule has 0 unspecified atom stereocenters. The summed E-state index contributed by atoms with van der Waals surface area (Å²) in [6, 6.07) is 0. The van der Waals surface area contributed by atoms with Gasteiger partial charge in [-0.1, -0.05) is 0 Å². The molecule has 3 rings (SSSR count). The van der Waals surface area contributed by atoms with Gasteiger partial charge in [0.2, 0.25) is 0 Å². The molecule has 116 valence electrons. The van der Waals surface area contributed by atoms with Crippen molar-refractivity contribution in [1.82, 2.24) is 20.3 Å². The summed E-state index contributed by atoms with van der Waals surface area (Å²) in [5.74, 6) is -0.114. The summed E-state index contributed by atoms with van der Waals surface area (Å²) in [6.07, 6.45) is 9.52. The van der Waals surface area contributed by atoms with E-state index in [-0.39, 0.29) is 17.4 Å². The van der Waals surface area contributed by atoms with Crippen LogP contribution in [0.3, 0.4) is 0 Å². The molecule has 0 spiro atoms. The van der Waals surface area contributed by atoms with Crippen LogP contribution in [0.1, 0.15) is 45.3 Å². The number of amides is 1. The summed E-state index contributed by atoms with van der Waals surface area (Å²) < 4.78 is 0. The van der Waals surface area contributed by atoms with Crippen LogP contribution in [0.15, 0.2) is 12.4 Å². The molecule has 0 radical (unpaired) electrons. The Morgan fingerprint density at radius 1 is 1.27 bits per heavy atom. The number of nitrogens with one attached hydrogen (secondary N) is 1. The summed E-state index contributed by atoms with van der Waals surface area (Å²) in [4.78, 5) is 25.9. The van der Waals surface area contributed by atoms with Crippen molar-refractivity contribution >= 4 is 23.1 Å². The Labute approximate surface area is 133 Å². The number of anilines is 1. The smallest absolute Gasteiger partial charge is 0.273 e. The number of thiazole rings is 1. The van der Waals surface area contributed by atoms with E-state index < -0.39 is 0 Å². The van der Waals surface area contributed by atoms with Gasteiger partial charge in [0.25, 0.3) is 5.91 Å². The molecule has 0 saturated heterocycles. The molecule has 1 amide bonds. The molecule has 0 fully saturated rings. The van der Waals surface area contributed by atoms with E-state index in [0.717, 1.165) is 19.3 Å². The molecule has 22 heavy (non-hydrogen) atoms. The van der Waals surface area contributed by atoms with Crippen molar-refractivity contribution in [1.29, 1.82) is 0 Å². The van der Waals surface area contributed by atoms with Gasteiger partial charge in [-0.3, -0.25) is 4.79 Å². The highest BCUT2D eigenvalue weighted by atomic mass is 32.1. The molecule has 6 nitrogen and oxygen atoms in total. The Bertz CT molecular complexity index is 646. The fourth-order valence-electron chi connectivity index (χ4n) is 2.56. The molecule has 0 bridgehead atoms. The van der Waals surface area contributed by atoms with E-state index in [1.807, 2.05) is 11.3 Å². The average molecular weight is 317 g/mol. The summed E-state index contributed by atoms with van der Waals surface area (Å²) >= 11 is 1.83. The first-order chi connectivity index (χ1) is 10.7.